The van der Waals surface area contributed by atoms with Crippen LogP contribution in [0.1, 0.15) is 29.5 Å². The standard InChI is InChI=1S/C10H11N3/c11-5-9-8-4-2-1-3-7(8)6-13-10(9)12/h6H,1-4H2,(H2,12,13). The molecule has 3 nitrogen and oxygen atoms in total. The Hall–Kier alpha value is -1.56. The average Bonchev–Trinajstić information content (AvgIpc) is 2.18. The molecule has 0 saturated carbocycles. The first-order valence-electron chi connectivity index (χ1n) is 4.49. The fourth-order valence-corrected chi connectivity index (χ4v) is 1.85. The molecule has 0 atom stereocenters. The lowest BCUT2D eigenvalue weighted by Crippen LogP contribution is -2.08. The summed E-state index contributed by atoms with van der Waals surface area (Å²) in [5.41, 5.74) is 8.55. The van der Waals surface area contributed by atoms with E-state index in [1.165, 1.54) is 12.0 Å². The summed E-state index contributed by atoms with van der Waals surface area (Å²) in [7, 11) is 0. The number of aromatic nitrogens is 1. The fourth-order valence-electron chi connectivity index (χ4n) is 1.85. The number of aryl methyl sites for hydroxylation is 1. The second kappa shape index (κ2) is 3.06. The third kappa shape index (κ3) is 1.25. The maximum absolute atomic E-state index is 8.90. The minimum atomic E-state index is 0.378. The lowest BCUT2D eigenvalue weighted by Gasteiger charge is -2.16. The predicted molar refractivity (Wildman–Crippen MR) is 50.0 cm³/mol. The van der Waals surface area contributed by atoms with E-state index in [-0.39, 0.29) is 0 Å². The van der Waals surface area contributed by atoms with Crippen molar-refractivity contribution in [2.75, 3.05) is 5.73 Å². The number of anilines is 1. The maximum Gasteiger partial charge on any atom is 0.141 e. The number of nitrogens with zero attached hydrogens (tertiary/aromatic N) is 2. The zero-order valence-corrected chi connectivity index (χ0v) is 7.38. The second-order valence-corrected chi connectivity index (χ2v) is 3.34. The van der Waals surface area contributed by atoms with Gasteiger partial charge in [-0.3, -0.25) is 0 Å². The Morgan fingerprint density at radius 3 is 2.92 bits per heavy atom. The van der Waals surface area contributed by atoms with Crippen molar-refractivity contribution < 1.29 is 0 Å². The molecular formula is C10H11N3. The van der Waals surface area contributed by atoms with Gasteiger partial charge in [0.05, 0.1) is 5.56 Å². The molecule has 0 aromatic carbocycles. The number of nitrogens with two attached hydrogens (primary N) is 1. The lowest BCUT2D eigenvalue weighted by atomic mass is 9.90. The Bertz CT molecular complexity index is 376. The molecule has 0 bridgehead atoms. The molecule has 1 aromatic rings. The Morgan fingerprint density at radius 1 is 1.38 bits per heavy atom. The van der Waals surface area contributed by atoms with E-state index in [0.717, 1.165) is 24.8 Å². The molecule has 1 aromatic heterocycles. The number of hydrogen-bond acceptors (Lipinski definition) is 3. The van der Waals surface area contributed by atoms with Crippen LogP contribution >= 0.6 is 0 Å². The molecule has 66 valence electrons. The van der Waals surface area contributed by atoms with E-state index in [4.69, 9.17) is 11.0 Å². The summed E-state index contributed by atoms with van der Waals surface area (Å²) < 4.78 is 0. The molecule has 2 N–H and O–H groups in total. The first-order chi connectivity index (χ1) is 6.33. The first-order valence-corrected chi connectivity index (χ1v) is 4.49. The van der Waals surface area contributed by atoms with E-state index in [2.05, 4.69) is 11.1 Å². The molecule has 0 aliphatic heterocycles. The minimum Gasteiger partial charge on any atom is -0.383 e. The monoisotopic (exact) mass is 173 g/mol. The van der Waals surface area contributed by atoms with E-state index in [1.807, 2.05) is 6.20 Å². The Morgan fingerprint density at radius 2 is 2.15 bits per heavy atom. The first kappa shape index (κ1) is 8.06. The van der Waals surface area contributed by atoms with Gasteiger partial charge in [-0.15, -0.1) is 0 Å². The summed E-state index contributed by atoms with van der Waals surface area (Å²) in [4.78, 5) is 4.02. The van der Waals surface area contributed by atoms with Crippen LogP contribution in [0.25, 0.3) is 0 Å². The van der Waals surface area contributed by atoms with Crippen LogP contribution in [0.3, 0.4) is 0 Å². The van der Waals surface area contributed by atoms with Crippen LogP contribution in [0.4, 0.5) is 5.82 Å². The van der Waals surface area contributed by atoms with Gasteiger partial charge in [-0.2, -0.15) is 5.26 Å². The van der Waals surface area contributed by atoms with Crippen LogP contribution in [-0.2, 0) is 12.8 Å². The molecule has 0 fully saturated rings. The molecule has 2 rings (SSSR count). The number of nitriles is 1. The van der Waals surface area contributed by atoms with Gasteiger partial charge in [0.15, 0.2) is 0 Å². The molecule has 3 heteroatoms. The Kier molecular flexibility index (Phi) is 1.90. The van der Waals surface area contributed by atoms with Crippen molar-refractivity contribution in [2.45, 2.75) is 25.7 Å². The number of pyridine rings is 1. The number of rotatable bonds is 0. The highest BCUT2D eigenvalue weighted by Gasteiger charge is 2.15. The van der Waals surface area contributed by atoms with Gasteiger partial charge in [0, 0.05) is 6.20 Å². The van der Waals surface area contributed by atoms with Gasteiger partial charge in [0.2, 0.25) is 0 Å². The highest BCUT2D eigenvalue weighted by atomic mass is 14.8. The largest absolute Gasteiger partial charge is 0.383 e. The number of nitrogen functional groups attached to an aromatic ring is 1. The molecule has 0 amide bonds. The summed E-state index contributed by atoms with van der Waals surface area (Å²) in [6.07, 6.45) is 6.18. The quantitative estimate of drug-likeness (QED) is 0.645. The van der Waals surface area contributed by atoms with Gasteiger partial charge in [-0.25, -0.2) is 4.98 Å². The predicted octanol–water partition coefficient (Wildman–Crippen LogP) is 1.41. The zero-order chi connectivity index (χ0) is 9.26. The molecule has 0 spiro atoms. The second-order valence-electron chi connectivity index (χ2n) is 3.34. The van der Waals surface area contributed by atoms with Crippen molar-refractivity contribution in [2.24, 2.45) is 0 Å². The summed E-state index contributed by atoms with van der Waals surface area (Å²) >= 11 is 0. The van der Waals surface area contributed by atoms with Gasteiger partial charge in [-0.1, -0.05) is 0 Å². The normalized spacial score (nSPS) is 14.7. The maximum atomic E-state index is 8.90. The highest BCUT2D eigenvalue weighted by molar-refractivity contribution is 5.55. The Balaban J connectivity index is 2.60. The van der Waals surface area contributed by atoms with Crippen molar-refractivity contribution in [3.63, 3.8) is 0 Å². The van der Waals surface area contributed by atoms with E-state index in [0.29, 0.717) is 11.4 Å². The van der Waals surface area contributed by atoms with Crippen LogP contribution in [0.5, 0.6) is 0 Å². The number of hydrogen-bond donors (Lipinski definition) is 1. The fraction of sp³-hybridized carbons (Fsp3) is 0.400. The molecule has 0 radical (unpaired) electrons. The van der Waals surface area contributed by atoms with Crippen LogP contribution in [0.15, 0.2) is 6.20 Å². The van der Waals surface area contributed by atoms with E-state index in [9.17, 15) is 0 Å². The molecule has 1 aliphatic rings. The molecule has 13 heavy (non-hydrogen) atoms. The van der Waals surface area contributed by atoms with Gasteiger partial charge in [0.25, 0.3) is 0 Å². The summed E-state index contributed by atoms with van der Waals surface area (Å²) in [5, 5.41) is 8.90. The Labute approximate surface area is 77.2 Å². The van der Waals surface area contributed by atoms with Crippen LogP contribution in [0.2, 0.25) is 0 Å². The van der Waals surface area contributed by atoms with Crippen molar-refractivity contribution >= 4 is 5.82 Å². The smallest absolute Gasteiger partial charge is 0.141 e. The molecule has 0 unspecified atom stereocenters. The van der Waals surface area contributed by atoms with Crippen LogP contribution in [0, 0.1) is 11.3 Å². The molecule has 0 saturated heterocycles. The zero-order valence-electron chi connectivity index (χ0n) is 7.38. The third-order valence-electron chi connectivity index (χ3n) is 2.54. The van der Waals surface area contributed by atoms with Gasteiger partial charge < -0.3 is 5.73 Å². The van der Waals surface area contributed by atoms with E-state index < -0.39 is 0 Å². The van der Waals surface area contributed by atoms with E-state index >= 15 is 0 Å². The average molecular weight is 173 g/mol. The van der Waals surface area contributed by atoms with Gasteiger partial charge in [0.1, 0.15) is 11.9 Å². The van der Waals surface area contributed by atoms with Gasteiger partial charge >= 0.3 is 0 Å². The third-order valence-corrected chi connectivity index (χ3v) is 2.54. The van der Waals surface area contributed by atoms with Crippen LogP contribution < -0.4 is 5.73 Å². The topological polar surface area (TPSA) is 62.7 Å². The van der Waals surface area contributed by atoms with Gasteiger partial charge in [-0.05, 0) is 36.8 Å². The summed E-state index contributed by atoms with van der Waals surface area (Å²) in [5.74, 6) is 0.378. The van der Waals surface area contributed by atoms with Crippen molar-refractivity contribution in [1.82, 2.24) is 4.98 Å². The van der Waals surface area contributed by atoms with Crippen LogP contribution in [-0.4, -0.2) is 4.98 Å². The summed E-state index contributed by atoms with van der Waals surface area (Å²) in [6, 6.07) is 2.14. The molecular weight excluding hydrogens is 162 g/mol. The minimum absolute atomic E-state index is 0.378. The molecule has 1 aliphatic carbocycles. The van der Waals surface area contributed by atoms with Crippen molar-refractivity contribution in [3.05, 3.63) is 22.9 Å². The summed E-state index contributed by atoms with van der Waals surface area (Å²) in [6.45, 7) is 0. The SMILES string of the molecule is N#Cc1c(N)ncc2c1CCCC2. The molecule has 1 heterocycles. The lowest BCUT2D eigenvalue weighted by molar-refractivity contribution is 0.681. The van der Waals surface area contributed by atoms with Crippen molar-refractivity contribution in [1.29, 1.82) is 5.26 Å². The highest BCUT2D eigenvalue weighted by Crippen LogP contribution is 2.25. The van der Waals surface area contributed by atoms with Crippen molar-refractivity contribution in [3.8, 4) is 6.07 Å². The number of fused-ring (bicyclic) bond motifs is 1. The van der Waals surface area contributed by atoms with E-state index in [1.54, 1.807) is 0 Å².